The number of aromatic amines is 1. The summed E-state index contributed by atoms with van der Waals surface area (Å²) in [7, 11) is 0. The smallest absolute Gasteiger partial charge is 0.136 e. The molecule has 0 amide bonds. The lowest BCUT2D eigenvalue weighted by Crippen LogP contribution is -2.49. The van der Waals surface area contributed by atoms with Gasteiger partial charge in [-0.15, -0.1) is 0 Å². The second-order valence-electron chi connectivity index (χ2n) is 7.91. The van der Waals surface area contributed by atoms with Gasteiger partial charge in [-0.1, -0.05) is 37.3 Å². The normalized spacial score (nSPS) is 27.1. The van der Waals surface area contributed by atoms with Gasteiger partial charge in [-0.2, -0.15) is 5.10 Å². The summed E-state index contributed by atoms with van der Waals surface area (Å²) in [6.45, 7) is 2.12. The number of hydrogen-bond acceptors (Lipinski definition) is 3. The first-order valence-corrected chi connectivity index (χ1v) is 9.78. The number of ketones is 1. The molecule has 1 unspecified atom stereocenters. The summed E-state index contributed by atoms with van der Waals surface area (Å²) >= 11 is 0. The zero-order valence-corrected chi connectivity index (χ0v) is 15.5. The fraction of sp³-hybridized carbons (Fsp3) is 0.348. The summed E-state index contributed by atoms with van der Waals surface area (Å²) in [5.74, 6) is 0.801. The highest BCUT2D eigenvalue weighted by atomic mass is 16.1. The van der Waals surface area contributed by atoms with Gasteiger partial charge in [0.05, 0.1) is 5.69 Å². The quantitative estimate of drug-likeness (QED) is 0.743. The third kappa shape index (κ3) is 2.32. The van der Waals surface area contributed by atoms with Crippen molar-refractivity contribution in [2.75, 3.05) is 0 Å². The Morgan fingerprint density at radius 1 is 1.11 bits per heavy atom. The predicted molar refractivity (Wildman–Crippen MR) is 104 cm³/mol. The SMILES string of the molecule is C[C@@H]1C(=O)CCC2(c3ccccc3)c3[nH]nc(-c4cccnc4)c3CC[C@@H]12. The number of carbonyl (C=O) groups excluding carboxylic acids is 1. The number of benzene rings is 1. The highest BCUT2D eigenvalue weighted by Crippen LogP contribution is 2.55. The Hall–Kier alpha value is -2.75. The van der Waals surface area contributed by atoms with Gasteiger partial charge in [0.2, 0.25) is 0 Å². The van der Waals surface area contributed by atoms with E-state index >= 15 is 0 Å². The molecule has 27 heavy (non-hydrogen) atoms. The van der Waals surface area contributed by atoms with E-state index in [1.165, 1.54) is 16.8 Å². The van der Waals surface area contributed by atoms with Crippen molar-refractivity contribution in [3.8, 4) is 11.3 Å². The second kappa shape index (κ2) is 6.15. The second-order valence-corrected chi connectivity index (χ2v) is 7.91. The minimum Gasteiger partial charge on any atom is -0.299 e. The highest BCUT2D eigenvalue weighted by Gasteiger charge is 2.53. The number of nitrogens with zero attached hydrogens (tertiary/aromatic N) is 2. The fourth-order valence-corrected chi connectivity index (χ4v) is 5.45. The number of carbonyl (C=O) groups is 1. The minimum atomic E-state index is -0.157. The van der Waals surface area contributed by atoms with E-state index in [1.807, 2.05) is 12.3 Å². The van der Waals surface area contributed by atoms with Crippen LogP contribution in [0.2, 0.25) is 0 Å². The van der Waals surface area contributed by atoms with Crippen LogP contribution in [0.15, 0.2) is 54.9 Å². The third-order valence-corrected chi connectivity index (χ3v) is 6.75. The molecule has 1 saturated carbocycles. The van der Waals surface area contributed by atoms with Crippen molar-refractivity contribution in [2.45, 2.75) is 38.0 Å². The molecular formula is C23H23N3O. The van der Waals surface area contributed by atoms with Crippen LogP contribution in [0.25, 0.3) is 11.3 Å². The van der Waals surface area contributed by atoms with Gasteiger partial charge in [0.25, 0.3) is 0 Å². The number of nitrogens with one attached hydrogen (secondary N) is 1. The van der Waals surface area contributed by atoms with Crippen molar-refractivity contribution in [3.05, 3.63) is 71.7 Å². The van der Waals surface area contributed by atoms with E-state index < -0.39 is 0 Å². The van der Waals surface area contributed by atoms with E-state index in [-0.39, 0.29) is 11.3 Å². The molecular weight excluding hydrogens is 334 g/mol. The molecule has 4 heteroatoms. The van der Waals surface area contributed by atoms with Crippen LogP contribution >= 0.6 is 0 Å². The average Bonchev–Trinajstić information content (AvgIpc) is 3.17. The van der Waals surface area contributed by atoms with E-state index in [0.29, 0.717) is 18.1 Å². The maximum atomic E-state index is 12.5. The molecule has 2 aromatic heterocycles. The van der Waals surface area contributed by atoms with Crippen LogP contribution in [0.1, 0.15) is 43.0 Å². The molecule has 0 aliphatic heterocycles. The summed E-state index contributed by atoms with van der Waals surface area (Å²) in [4.78, 5) is 16.8. The molecule has 1 fully saturated rings. The molecule has 2 heterocycles. The van der Waals surface area contributed by atoms with E-state index in [1.54, 1.807) is 6.20 Å². The minimum absolute atomic E-state index is 0.0808. The first-order valence-electron chi connectivity index (χ1n) is 9.78. The zero-order chi connectivity index (χ0) is 18.4. The summed E-state index contributed by atoms with van der Waals surface area (Å²) in [5, 5.41) is 8.13. The molecule has 3 atom stereocenters. The Labute approximate surface area is 159 Å². The first-order chi connectivity index (χ1) is 13.2. The molecule has 0 saturated heterocycles. The molecule has 0 spiro atoms. The number of H-pyrrole nitrogens is 1. The van der Waals surface area contributed by atoms with Crippen molar-refractivity contribution in [1.29, 1.82) is 0 Å². The molecule has 1 aromatic carbocycles. The number of aromatic nitrogens is 3. The fourth-order valence-electron chi connectivity index (χ4n) is 5.45. The summed E-state index contributed by atoms with van der Waals surface area (Å²) in [6, 6.07) is 14.7. The van der Waals surface area contributed by atoms with E-state index in [4.69, 9.17) is 5.10 Å². The molecule has 3 aromatic rings. The van der Waals surface area contributed by atoms with Crippen molar-refractivity contribution in [2.24, 2.45) is 11.8 Å². The molecule has 5 rings (SSSR count). The van der Waals surface area contributed by atoms with Crippen LogP contribution in [0.5, 0.6) is 0 Å². The molecule has 136 valence electrons. The van der Waals surface area contributed by atoms with Gasteiger partial charge in [-0.3, -0.25) is 14.9 Å². The lowest BCUT2D eigenvalue weighted by molar-refractivity contribution is -0.128. The van der Waals surface area contributed by atoms with Crippen LogP contribution in [-0.4, -0.2) is 21.0 Å². The Bertz CT molecular complexity index is 979. The molecule has 2 aliphatic rings. The van der Waals surface area contributed by atoms with Crippen LogP contribution in [0.4, 0.5) is 0 Å². The summed E-state index contributed by atoms with van der Waals surface area (Å²) < 4.78 is 0. The largest absolute Gasteiger partial charge is 0.299 e. The Morgan fingerprint density at radius 3 is 2.74 bits per heavy atom. The Balaban J connectivity index is 1.73. The van der Waals surface area contributed by atoms with E-state index in [9.17, 15) is 4.79 Å². The third-order valence-electron chi connectivity index (χ3n) is 6.75. The molecule has 0 radical (unpaired) electrons. The predicted octanol–water partition coefficient (Wildman–Crippen LogP) is 4.32. The van der Waals surface area contributed by atoms with Crippen LogP contribution in [0.3, 0.4) is 0 Å². The molecule has 4 nitrogen and oxygen atoms in total. The van der Waals surface area contributed by atoms with Gasteiger partial charge in [0.1, 0.15) is 5.78 Å². The number of hydrogen-bond donors (Lipinski definition) is 1. The number of fused-ring (bicyclic) bond motifs is 3. The van der Waals surface area contributed by atoms with Crippen molar-refractivity contribution < 1.29 is 4.79 Å². The van der Waals surface area contributed by atoms with Gasteiger partial charge in [-0.05, 0) is 42.9 Å². The zero-order valence-electron chi connectivity index (χ0n) is 15.5. The van der Waals surface area contributed by atoms with Crippen molar-refractivity contribution >= 4 is 5.78 Å². The van der Waals surface area contributed by atoms with Crippen molar-refractivity contribution in [3.63, 3.8) is 0 Å². The maximum absolute atomic E-state index is 12.5. The van der Waals surface area contributed by atoms with Gasteiger partial charge in [0.15, 0.2) is 0 Å². The van der Waals surface area contributed by atoms with Crippen molar-refractivity contribution in [1.82, 2.24) is 15.2 Å². The Kier molecular flexibility index (Phi) is 3.74. The van der Waals surface area contributed by atoms with Crippen LogP contribution in [-0.2, 0) is 16.6 Å². The monoisotopic (exact) mass is 357 g/mol. The van der Waals surface area contributed by atoms with Gasteiger partial charge < -0.3 is 0 Å². The summed E-state index contributed by atoms with van der Waals surface area (Å²) in [5.41, 5.74) is 5.72. The lowest BCUT2D eigenvalue weighted by Gasteiger charge is -2.49. The maximum Gasteiger partial charge on any atom is 0.136 e. The number of pyridine rings is 1. The number of rotatable bonds is 2. The van der Waals surface area contributed by atoms with E-state index in [0.717, 1.165) is 30.5 Å². The average molecular weight is 357 g/mol. The Morgan fingerprint density at radius 2 is 1.96 bits per heavy atom. The molecule has 1 N–H and O–H groups in total. The highest BCUT2D eigenvalue weighted by molar-refractivity contribution is 5.83. The molecule has 2 aliphatic carbocycles. The van der Waals surface area contributed by atoms with Crippen LogP contribution in [0, 0.1) is 11.8 Å². The number of Topliss-reactive ketones (excluding diaryl/α,β-unsaturated/α-hetero) is 1. The standard InChI is InChI=1S/C23H23N3O/c1-15-19-10-9-18-21(16-6-5-13-24-14-16)25-26-22(18)23(19,12-11-20(15)27)17-7-3-2-4-8-17/h2-8,13-15,19H,9-12H2,1H3,(H,25,26)/t15-,19-,23?/m0/s1. The molecule has 0 bridgehead atoms. The van der Waals surface area contributed by atoms with Gasteiger partial charge in [-0.25, -0.2) is 0 Å². The topological polar surface area (TPSA) is 58.6 Å². The lowest BCUT2D eigenvalue weighted by atomic mass is 9.53. The van der Waals surface area contributed by atoms with Crippen LogP contribution < -0.4 is 0 Å². The van der Waals surface area contributed by atoms with Gasteiger partial charge >= 0.3 is 0 Å². The van der Waals surface area contributed by atoms with Gasteiger partial charge in [0, 0.05) is 47.0 Å². The first kappa shape index (κ1) is 16.4. The summed E-state index contributed by atoms with van der Waals surface area (Å²) in [6.07, 6.45) is 7.12. The van der Waals surface area contributed by atoms with E-state index in [2.05, 4.69) is 53.4 Å².